The monoisotopic (exact) mass is 827 g/mol. The lowest BCUT2D eigenvalue weighted by Gasteiger charge is -2.18. The summed E-state index contributed by atoms with van der Waals surface area (Å²) in [5.41, 5.74) is 20.5. The predicted molar refractivity (Wildman–Crippen MR) is 262 cm³/mol. The summed E-state index contributed by atoms with van der Waals surface area (Å²) in [6.07, 6.45) is 11.6. The summed E-state index contributed by atoms with van der Waals surface area (Å²) in [6.45, 7) is -2.24. The Hall–Kier alpha value is -7.74. The maximum absolute atomic E-state index is 10.4. The molecular formula is C60H48N4. The highest BCUT2D eigenvalue weighted by Gasteiger charge is 2.21. The van der Waals surface area contributed by atoms with Crippen LogP contribution in [-0.2, 0) is 38.5 Å². The predicted octanol–water partition coefficient (Wildman–Crippen LogP) is 14.1. The van der Waals surface area contributed by atoms with Crippen molar-refractivity contribution < 1.29 is 4.11 Å². The molecule has 0 saturated carbocycles. The fourth-order valence-corrected chi connectivity index (χ4v) is 9.21. The Kier molecular flexibility index (Phi) is 10.5. The number of pyridine rings is 3. The number of nitrogens with zero attached hydrogens (tertiary/aromatic N) is 4. The molecule has 4 heteroatoms. The van der Waals surface area contributed by atoms with Gasteiger partial charge in [-0.15, -0.1) is 0 Å². The highest BCUT2D eigenvalue weighted by atomic mass is 14.7. The van der Waals surface area contributed by atoms with Crippen molar-refractivity contribution in [1.29, 1.82) is 5.26 Å². The summed E-state index contributed by atoms with van der Waals surface area (Å²) >= 11 is 0. The molecule has 10 rings (SSSR count). The minimum absolute atomic E-state index is 0.206. The second kappa shape index (κ2) is 18.3. The number of fused-ring (bicyclic) bond motifs is 1. The van der Waals surface area contributed by atoms with Crippen LogP contribution in [0, 0.1) is 18.2 Å². The lowest BCUT2D eigenvalue weighted by atomic mass is 9.85. The standard InChI is InChI=1S/C60H48N4/c1-41-15-30-60(64-40-41)49-28-29-56(57(38-49)51-36-48-9-8-12-53(48)52(37-51)39-61)55-11-3-2-10-54(55)50-34-44(18-16-42-20-24-46(25-21-42)58-13-4-6-31-62-58)33-45(35-50)19-17-43-22-26-47(27-23-43)59-14-5-7-32-63-59/h2-7,10-11,13-15,20-38,40H,8-9,12,16-19H2,1H3/i1D3. The number of nitriles is 1. The summed E-state index contributed by atoms with van der Waals surface area (Å²) in [6, 6.07) is 61.9. The first-order valence-corrected chi connectivity index (χ1v) is 22.2. The zero-order valence-corrected chi connectivity index (χ0v) is 35.6. The van der Waals surface area contributed by atoms with Gasteiger partial charge in [0.1, 0.15) is 0 Å². The Morgan fingerprint density at radius 3 is 1.64 bits per heavy atom. The maximum atomic E-state index is 10.4. The van der Waals surface area contributed by atoms with Crippen molar-refractivity contribution >= 4 is 0 Å². The molecule has 1 aliphatic carbocycles. The summed E-state index contributed by atoms with van der Waals surface area (Å²) in [4.78, 5) is 13.7. The quantitative estimate of drug-likeness (QED) is 0.123. The normalized spacial score (nSPS) is 12.8. The minimum Gasteiger partial charge on any atom is -0.256 e. The fourth-order valence-electron chi connectivity index (χ4n) is 9.21. The SMILES string of the molecule is [2H]C([2H])([2H])c1ccc(-c2ccc(-c3ccccc3-c3cc(CCc4ccc(-c5ccccn5)cc4)cc(CCc4ccc(-c5ccccn5)cc4)c3)c(-c3cc(C#N)c4c(c3)CCC4)c2)nc1. The summed E-state index contributed by atoms with van der Waals surface area (Å²) < 4.78 is 23.7. The largest absolute Gasteiger partial charge is 0.256 e. The van der Waals surface area contributed by atoms with Gasteiger partial charge in [-0.25, -0.2) is 0 Å². The van der Waals surface area contributed by atoms with Crippen LogP contribution in [0.1, 0.15) is 55.0 Å². The minimum atomic E-state index is -2.24. The molecule has 0 aliphatic heterocycles. The number of hydrogen-bond acceptors (Lipinski definition) is 4. The molecule has 64 heavy (non-hydrogen) atoms. The van der Waals surface area contributed by atoms with Crippen LogP contribution in [-0.4, -0.2) is 15.0 Å². The van der Waals surface area contributed by atoms with Crippen LogP contribution in [0.15, 0.2) is 188 Å². The molecule has 0 amide bonds. The van der Waals surface area contributed by atoms with Crippen molar-refractivity contribution in [2.24, 2.45) is 0 Å². The number of hydrogen-bond donors (Lipinski definition) is 0. The van der Waals surface area contributed by atoms with Crippen LogP contribution in [0.3, 0.4) is 0 Å². The third kappa shape index (κ3) is 8.80. The van der Waals surface area contributed by atoms with Crippen molar-refractivity contribution in [1.82, 2.24) is 15.0 Å². The van der Waals surface area contributed by atoms with Crippen molar-refractivity contribution in [3.8, 4) is 73.2 Å². The van der Waals surface area contributed by atoms with Gasteiger partial charge < -0.3 is 0 Å². The van der Waals surface area contributed by atoms with E-state index in [2.05, 4.69) is 136 Å². The van der Waals surface area contributed by atoms with Gasteiger partial charge in [0.25, 0.3) is 0 Å². The number of aromatic nitrogens is 3. The zero-order valence-electron chi connectivity index (χ0n) is 38.6. The van der Waals surface area contributed by atoms with E-state index in [4.69, 9.17) is 4.11 Å². The van der Waals surface area contributed by atoms with E-state index in [-0.39, 0.29) is 5.56 Å². The Labute approximate surface area is 380 Å². The van der Waals surface area contributed by atoms with Crippen LogP contribution >= 0.6 is 0 Å². The Morgan fingerprint density at radius 1 is 0.469 bits per heavy atom. The summed E-state index contributed by atoms with van der Waals surface area (Å²) in [5.74, 6) is 0. The van der Waals surface area contributed by atoms with E-state index in [0.717, 1.165) is 118 Å². The first kappa shape index (κ1) is 36.9. The molecule has 0 saturated heterocycles. The molecule has 4 nitrogen and oxygen atoms in total. The number of aryl methyl sites for hydroxylation is 6. The van der Waals surface area contributed by atoms with E-state index in [1.165, 1.54) is 34.0 Å². The molecule has 0 fully saturated rings. The van der Waals surface area contributed by atoms with E-state index < -0.39 is 6.85 Å². The lowest BCUT2D eigenvalue weighted by Crippen LogP contribution is -1.98. The molecule has 0 unspecified atom stereocenters. The third-order valence-corrected chi connectivity index (χ3v) is 12.5. The first-order valence-electron chi connectivity index (χ1n) is 23.7. The van der Waals surface area contributed by atoms with Gasteiger partial charge >= 0.3 is 0 Å². The molecule has 308 valence electrons. The molecule has 0 spiro atoms. The highest BCUT2D eigenvalue weighted by Crippen LogP contribution is 2.42. The molecular weight excluding hydrogens is 777 g/mol. The number of benzene rings is 6. The molecule has 3 heterocycles. The smallest absolute Gasteiger partial charge is 0.0994 e. The van der Waals surface area contributed by atoms with Crippen molar-refractivity contribution in [2.75, 3.05) is 0 Å². The van der Waals surface area contributed by atoms with Gasteiger partial charge in [-0.3, -0.25) is 15.0 Å². The first-order chi connectivity index (χ1) is 32.8. The van der Waals surface area contributed by atoms with E-state index in [1.807, 2.05) is 54.9 Å². The maximum Gasteiger partial charge on any atom is 0.0994 e. The van der Waals surface area contributed by atoms with Crippen LogP contribution in [0.5, 0.6) is 0 Å². The second-order valence-electron chi connectivity index (χ2n) is 16.7. The molecule has 9 aromatic rings. The van der Waals surface area contributed by atoms with E-state index in [1.54, 1.807) is 12.1 Å². The average Bonchev–Trinajstić information content (AvgIpc) is 3.87. The third-order valence-electron chi connectivity index (χ3n) is 12.5. The molecule has 0 N–H and O–H groups in total. The highest BCUT2D eigenvalue weighted by molar-refractivity contribution is 5.94. The molecule has 1 aliphatic rings. The van der Waals surface area contributed by atoms with E-state index in [0.29, 0.717) is 5.69 Å². The van der Waals surface area contributed by atoms with Gasteiger partial charge in [-0.05, 0) is 167 Å². The van der Waals surface area contributed by atoms with Gasteiger partial charge in [-0.1, -0.05) is 127 Å². The molecule has 0 atom stereocenters. The Morgan fingerprint density at radius 2 is 1.05 bits per heavy atom. The number of rotatable bonds is 12. The Balaban J connectivity index is 1.04. The summed E-state index contributed by atoms with van der Waals surface area (Å²) in [7, 11) is 0. The molecule has 0 radical (unpaired) electrons. The van der Waals surface area contributed by atoms with E-state index >= 15 is 0 Å². The summed E-state index contributed by atoms with van der Waals surface area (Å²) in [5, 5.41) is 10.4. The fraction of sp³-hybridized carbons (Fsp3) is 0.133. The van der Waals surface area contributed by atoms with E-state index in [9.17, 15) is 5.26 Å². The Bertz CT molecular complexity index is 3120. The van der Waals surface area contributed by atoms with Gasteiger partial charge in [0, 0.05) is 39.4 Å². The van der Waals surface area contributed by atoms with Crippen LogP contribution in [0.4, 0.5) is 0 Å². The van der Waals surface area contributed by atoms with Crippen molar-refractivity contribution in [3.63, 3.8) is 0 Å². The topological polar surface area (TPSA) is 62.5 Å². The van der Waals surface area contributed by atoms with Gasteiger partial charge in [0.2, 0.25) is 0 Å². The molecule has 6 aromatic carbocycles. The van der Waals surface area contributed by atoms with Crippen LogP contribution < -0.4 is 0 Å². The van der Waals surface area contributed by atoms with Crippen molar-refractivity contribution in [2.45, 2.75) is 51.8 Å². The van der Waals surface area contributed by atoms with Gasteiger partial charge in [0.05, 0.1) is 28.7 Å². The van der Waals surface area contributed by atoms with Crippen molar-refractivity contribution in [3.05, 3.63) is 233 Å². The average molecular weight is 828 g/mol. The van der Waals surface area contributed by atoms with Gasteiger partial charge in [0.15, 0.2) is 0 Å². The molecule has 3 aromatic heterocycles. The van der Waals surface area contributed by atoms with Crippen LogP contribution in [0.2, 0.25) is 0 Å². The second-order valence-corrected chi connectivity index (χ2v) is 16.7. The van der Waals surface area contributed by atoms with Crippen LogP contribution in [0.25, 0.3) is 67.2 Å². The molecule has 0 bridgehead atoms. The van der Waals surface area contributed by atoms with Gasteiger partial charge in [-0.2, -0.15) is 5.26 Å². The zero-order chi connectivity index (χ0) is 45.7. The lowest BCUT2D eigenvalue weighted by molar-refractivity contribution is 0.911.